The highest BCUT2D eigenvalue weighted by Gasteiger charge is 2.31. The molecule has 0 spiro atoms. The zero-order chi connectivity index (χ0) is 15.6. The molecule has 0 saturated carbocycles. The molecule has 1 fully saturated rings. The molecule has 2 heterocycles. The number of hydrogen-bond donors (Lipinski definition) is 2. The highest BCUT2D eigenvalue weighted by atomic mass is 32.2. The van der Waals surface area contributed by atoms with Gasteiger partial charge in [0.2, 0.25) is 5.91 Å². The van der Waals surface area contributed by atoms with Crippen LogP contribution < -0.4 is 16.4 Å². The number of amides is 1. The largest absolute Gasteiger partial charge is 0.382 e. The number of carbonyl (C=O) groups is 1. The molecule has 1 aliphatic heterocycles. The van der Waals surface area contributed by atoms with E-state index < -0.39 is 9.84 Å². The molecule has 1 aromatic heterocycles. The summed E-state index contributed by atoms with van der Waals surface area (Å²) in [5.74, 6) is -0.529. The first-order chi connectivity index (χ1) is 9.86. The van der Waals surface area contributed by atoms with Crippen molar-refractivity contribution in [2.24, 2.45) is 11.7 Å². The first-order valence-electron chi connectivity index (χ1n) is 6.89. The summed E-state index contributed by atoms with van der Waals surface area (Å²) in [6.45, 7) is 2.91. The Morgan fingerprint density at radius 1 is 1.52 bits per heavy atom. The molecule has 9 heteroatoms. The summed E-state index contributed by atoms with van der Waals surface area (Å²) in [6.07, 6.45) is 2.04. The van der Waals surface area contributed by atoms with Crippen LogP contribution in [-0.4, -0.2) is 37.5 Å². The lowest BCUT2D eigenvalue weighted by atomic mass is 9.98. The number of primary amides is 1. The van der Waals surface area contributed by atoms with E-state index in [9.17, 15) is 13.2 Å². The van der Waals surface area contributed by atoms with Crippen LogP contribution in [0.2, 0.25) is 0 Å². The van der Waals surface area contributed by atoms with Crippen molar-refractivity contribution in [1.82, 2.24) is 4.37 Å². The molecule has 4 N–H and O–H groups in total. The summed E-state index contributed by atoms with van der Waals surface area (Å²) < 4.78 is 28.7. The van der Waals surface area contributed by atoms with Gasteiger partial charge in [-0.2, -0.15) is 4.37 Å². The number of carbonyl (C=O) groups excluding carboxylic acids is 1. The molecule has 21 heavy (non-hydrogen) atoms. The van der Waals surface area contributed by atoms with E-state index in [2.05, 4.69) is 4.37 Å². The smallest absolute Gasteiger partial charge is 0.222 e. The van der Waals surface area contributed by atoms with Crippen molar-refractivity contribution in [2.75, 3.05) is 29.5 Å². The van der Waals surface area contributed by atoms with Gasteiger partial charge in [0.05, 0.1) is 11.7 Å². The van der Waals surface area contributed by atoms with Crippen LogP contribution in [0.25, 0.3) is 0 Å². The third-order valence-corrected chi connectivity index (χ3v) is 6.57. The van der Waals surface area contributed by atoms with Crippen LogP contribution in [0.3, 0.4) is 0 Å². The van der Waals surface area contributed by atoms with Gasteiger partial charge in [-0.15, -0.1) is 0 Å². The minimum Gasteiger partial charge on any atom is -0.382 e. The number of piperidine rings is 1. The van der Waals surface area contributed by atoms with E-state index in [0.29, 0.717) is 24.5 Å². The molecular weight excluding hydrogens is 312 g/mol. The Kier molecular flexibility index (Phi) is 4.72. The number of rotatable bonds is 5. The van der Waals surface area contributed by atoms with Crippen LogP contribution in [-0.2, 0) is 14.6 Å². The topological polar surface area (TPSA) is 119 Å². The fourth-order valence-electron chi connectivity index (χ4n) is 2.54. The highest BCUT2D eigenvalue weighted by Crippen LogP contribution is 2.37. The van der Waals surface area contributed by atoms with E-state index in [-0.39, 0.29) is 28.3 Å². The number of nitrogen functional groups attached to an aromatic ring is 1. The Labute approximate surface area is 128 Å². The second-order valence-electron chi connectivity index (χ2n) is 5.21. The molecule has 0 aliphatic carbocycles. The summed E-state index contributed by atoms with van der Waals surface area (Å²) in [6, 6.07) is 0. The van der Waals surface area contributed by atoms with Crippen molar-refractivity contribution in [3.05, 3.63) is 0 Å². The lowest BCUT2D eigenvalue weighted by Crippen LogP contribution is -2.41. The molecule has 1 unspecified atom stereocenters. The van der Waals surface area contributed by atoms with Crippen LogP contribution in [0.5, 0.6) is 0 Å². The van der Waals surface area contributed by atoms with Crippen LogP contribution in [0, 0.1) is 5.92 Å². The first kappa shape index (κ1) is 16.0. The number of hydrogen-bond acceptors (Lipinski definition) is 7. The maximum atomic E-state index is 12.4. The van der Waals surface area contributed by atoms with E-state index in [0.717, 1.165) is 24.4 Å². The Morgan fingerprint density at radius 2 is 2.24 bits per heavy atom. The molecule has 1 saturated heterocycles. The standard InChI is InChI=1S/C12H20N4O3S2/c1-2-6-21(18,19)9-10(13)15-20-12(9)16-5-3-4-8(7-16)11(14)17/h8H,2-7H2,1H3,(H2,13,15)(H2,14,17). The Bertz CT molecular complexity index is 626. The molecule has 7 nitrogen and oxygen atoms in total. The molecule has 1 aliphatic rings. The van der Waals surface area contributed by atoms with Crippen LogP contribution in [0.15, 0.2) is 4.90 Å². The summed E-state index contributed by atoms with van der Waals surface area (Å²) in [5.41, 5.74) is 11.1. The summed E-state index contributed by atoms with van der Waals surface area (Å²) >= 11 is 1.07. The number of nitrogens with zero attached hydrogens (tertiary/aromatic N) is 2. The van der Waals surface area contributed by atoms with E-state index in [1.807, 2.05) is 4.90 Å². The SMILES string of the molecule is CCCS(=O)(=O)c1c(N)nsc1N1CCCC(C(N)=O)C1. The van der Waals surface area contributed by atoms with Gasteiger partial charge >= 0.3 is 0 Å². The summed E-state index contributed by atoms with van der Waals surface area (Å²) in [5, 5.41) is 0.534. The Morgan fingerprint density at radius 3 is 2.86 bits per heavy atom. The van der Waals surface area contributed by atoms with Gasteiger partial charge in [0.1, 0.15) is 9.90 Å². The van der Waals surface area contributed by atoms with Gasteiger partial charge in [-0.25, -0.2) is 8.42 Å². The molecule has 1 amide bonds. The average molecular weight is 332 g/mol. The van der Waals surface area contributed by atoms with Gasteiger partial charge in [-0.1, -0.05) is 6.92 Å². The van der Waals surface area contributed by atoms with Crippen molar-refractivity contribution in [3.63, 3.8) is 0 Å². The summed E-state index contributed by atoms with van der Waals surface area (Å²) in [4.78, 5) is 13.3. The van der Waals surface area contributed by atoms with Crippen molar-refractivity contribution in [1.29, 1.82) is 0 Å². The summed E-state index contributed by atoms with van der Waals surface area (Å²) in [7, 11) is -3.45. The normalized spacial score (nSPS) is 19.7. The van der Waals surface area contributed by atoms with Crippen molar-refractivity contribution >= 4 is 38.1 Å². The number of aromatic nitrogens is 1. The molecule has 2 rings (SSSR count). The van der Waals surface area contributed by atoms with Gasteiger partial charge in [-0.05, 0) is 30.8 Å². The zero-order valence-corrected chi connectivity index (χ0v) is 13.5. The van der Waals surface area contributed by atoms with Crippen molar-refractivity contribution in [2.45, 2.75) is 31.1 Å². The Balaban J connectivity index is 2.35. The Hall–Kier alpha value is -1.35. The molecule has 0 bridgehead atoms. The third-order valence-electron chi connectivity index (χ3n) is 3.55. The third kappa shape index (κ3) is 3.29. The lowest BCUT2D eigenvalue weighted by molar-refractivity contribution is -0.122. The van der Waals surface area contributed by atoms with Gasteiger partial charge in [0.25, 0.3) is 0 Å². The molecule has 118 valence electrons. The van der Waals surface area contributed by atoms with Gasteiger partial charge in [0, 0.05) is 13.1 Å². The van der Waals surface area contributed by atoms with Gasteiger partial charge in [0.15, 0.2) is 15.7 Å². The fourth-order valence-corrected chi connectivity index (χ4v) is 5.34. The fraction of sp³-hybridized carbons (Fsp3) is 0.667. The quantitative estimate of drug-likeness (QED) is 0.815. The molecule has 0 aromatic carbocycles. The number of sulfone groups is 1. The second-order valence-corrected chi connectivity index (χ2v) is 8.01. The van der Waals surface area contributed by atoms with E-state index >= 15 is 0 Å². The number of anilines is 2. The zero-order valence-electron chi connectivity index (χ0n) is 11.9. The van der Waals surface area contributed by atoms with Crippen molar-refractivity contribution < 1.29 is 13.2 Å². The predicted octanol–water partition coefficient (Wildman–Crippen LogP) is 0.611. The van der Waals surface area contributed by atoms with Crippen molar-refractivity contribution in [3.8, 4) is 0 Å². The molecule has 1 aromatic rings. The van der Waals surface area contributed by atoms with Gasteiger partial charge < -0.3 is 16.4 Å². The maximum Gasteiger partial charge on any atom is 0.222 e. The number of nitrogens with two attached hydrogens (primary N) is 2. The average Bonchev–Trinajstić information content (AvgIpc) is 2.81. The minimum atomic E-state index is -3.45. The van der Waals surface area contributed by atoms with Crippen LogP contribution in [0.4, 0.5) is 10.8 Å². The molecule has 1 atom stereocenters. The maximum absolute atomic E-state index is 12.4. The molecular formula is C12H20N4O3S2. The highest BCUT2D eigenvalue weighted by molar-refractivity contribution is 7.91. The molecule has 0 radical (unpaired) electrons. The lowest BCUT2D eigenvalue weighted by Gasteiger charge is -2.32. The predicted molar refractivity (Wildman–Crippen MR) is 83.0 cm³/mol. The first-order valence-corrected chi connectivity index (χ1v) is 9.31. The second kappa shape index (κ2) is 6.18. The minimum absolute atomic E-state index is 0.0374. The van der Waals surface area contributed by atoms with E-state index in [4.69, 9.17) is 11.5 Å². The van der Waals surface area contributed by atoms with E-state index in [1.54, 1.807) is 6.92 Å². The monoisotopic (exact) mass is 332 g/mol. The van der Waals surface area contributed by atoms with Crippen LogP contribution in [0.1, 0.15) is 26.2 Å². The van der Waals surface area contributed by atoms with E-state index in [1.165, 1.54) is 0 Å². The van der Waals surface area contributed by atoms with Gasteiger partial charge in [-0.3, -0.25) is 4.79 Å². The van der Waals surface area contributed by atoms with Crippen LogP contribution >= 0.6 is 11.5 Å².